The molecule has 0 amide bonds. The zero-order valence-electron chi connectivity index (χ0n) is 10.1. The number of benzene rings is 2. The van der Waals surface area contributed by atoms with Gasteiger partial charge in [0.25, 0.3) is 0 Å². The molecule has 0 bridgehead atoms. The lowest BCUT2D eigenvalue weighted by molar-refractivity contribution is 0.577. The van der Waals surface area contributed by atoms with Crippen LogP contribution in [0.15, 0.2) is 45.3 Å². The molecule has 0 aromatic heterocycles. The molecule has 0 saturated heterocycles. The first-order valence-electron chi connectivity index (χ1n) is 5.64. The highest BCUT2D eigenvalue weighted by molar-refractivity contribution is 9.11. The van der Waals surface area contributed by atoms with Crippen molar-refractivity contribution in [1.29, 1.82) is 0 Å². The monoisotopic (exact) mass is 389 g/mol. The largest absolute Gasteiger partial charge is 0.377 e. The third-order valence-electron chi connectivity index (χ3n) is 2.73. The Bertz CT molecular complexity index is 602. The van der Waals surface area contributed by atoms with Crippen molar-refractivity contribution in [3.63, 3.8) is 0 Å². The molecule has 0 fully saturated rings. The Morgan fingerprint density at radius 2 is 1.79 bits per heavy atom. The topological polar surface area (TPSA) is 12.0 Å². The van der Waals surface area contributed by atoms with Crippen LogP contribution in [-0.4, -0.2) is 0 Å². The molecule has 0 heterocycles. The molecular formula is C14H11Br2F2N. The minimum absolute atomic E-state index is 0.301. The minimum atomic E-state index is -0.445. The Kier molecular flexibility index (Phi) is 4.58. The summed E-state index contributed by atoms with van der Waals surface area (Å²) in [6.45, 7) is 1.78. The van der Waals surface area contributed by atoms with Crippen molar-refractivity contribution < 1.29 is 8.78 Å². The molecule has 1 atom stereocenters. The van der Waals surface area contributed by atoms with E-state index in [0.717, 1.165) is 26.8 Å². The molecule has 0 spiro atoms. The van der Waals surface area contributed by atoms with Gasteiger partial charge in [0.05, 0.1) is 6.04 Å². The Morgan fingerprint density at radius 1 is 1.05 bits per heavy atom. The normalized spacial score (nSPS) is 12.3. The van der Waals surface area contributed by atoms with Gasteiger partial charge in [0.2, 0.25) is 0 Å². The molecule has 100 valence electrons. The second kappa shape index (κ2) is 6.01. The second-order valence-electron chi connectivity index (χ2n) is 4.16. The lowest BCUT2D eigenvalue weighted by Gasteiger charge is -2.17. The summed E-state index contributed by atoms with van der Waals surface area (Å²) in [6, 6.07) is 8.74. The van der Waals surface area contributed by atoms with Gasteiger partial charge in [-0.1, -0.05) is 15.9 Å². The smallest absolute Gasteiger partial charge is 0.128 e. The molecule has 19 heavy (non-hydrogen) atoms. The summed E-state index contributed by atoms with van der Waals surface area (Å²) in [6.07, 6.45) is 0. The van der Waals surface area contributed by atoms with Crippen LogP contribution in [0.3, 0.4) is 0 Å². The Labute approximate surface area is 127 Å². The molecule has 1 nitrogen and oxygen atoms in total. The number of nitrogens with one attached hydrogen (secondary N) is 1. The van der Waals surface area contributed by atoms with Crippen LogP contribution in [-0.2, 0) is 0 Å². The molecule has 0 aliphatic carbocycles. The van der Waals surface area contributed by atoms with Gasteiger partial charge in [0, 0.05) is 20.2 Å². The number of hydrogen-bond acceptors (Lipinski definition) is 1. The predicted octanol–water partition coefficient (Wildman–Crippen LogP) is 5.66. The highest BCUT2D eigenvalue weighted by atomic mass is 79.9. The van der Waals surface area contributed by atoms with Gasteiger partial charge in [-0.3, -0.25) is 0 Å². The van der Waals surface area contributed by atoms with Crippen LogP contribution in [0.1, 0.15) is 18.5 Å². The molecule has 0 radical (unpaired) electrons. The maximum atomic E-state index is 13.7. The van der Waals surface area contributed by atoms with E-state index in [1.807, 2.05) is 18.2 Å². The summed E-state index contributed by atoms with van der Waals surface area (Å²) < 4.78 is 28.6. The first-order valence-corrected chi connectivity index (χ1v) is 7.22. The molecule has 0 aliphatic heterocycles. The molecule has 1 N–H and O–H groups in total. The summed E-state index contributed by atoms with van der Waals surface area (Å²) in [5.41, 5.74) is 1.12. The third-order valence-corrected chi connectivity index (χ3v) is 3.88. The van der Waals surface area contributed by atoms with E-state index in [1.165, 1.54) is 6.07 Å². The van der Waals surface area contributed by atoms with Crippen LogP contribution in [0.2, 0.25) is 0 Å². The maximum Gasteiger partial charge on any atom is 0.128 e. The van der Waals surface area contributed by atoms with Crippen molar-refractivity contribution in [3.05, 3.63) is 62.5 Å². The number of anilines is 1. The molecule has 1 unspecified atom stereocenters. The number of rotatable bonds is 3. The molecule has 2 aromatic carbocycles. The van der Waals surface area contributed by atoms with Crippen LogP contribution in [0.4, 0.5) is 14.5 Å². The molecule has 2 rings (SSSR count). The van der Waals surface area contributed by atoms with E-state index in [9.17, 15) is 8.78 Å². The fourth-order valence-electron chi connectivity index (χ4n) is 1.76. The van der Waals surface area contributed by atoms with Crippen LogP contribution >= 0.6 is 31.9 Å². The average Bonchev–Trinajstić information content (AvgIpc) is 2.35. The fourth-order valence-corrected chi connectivity index (χ4v) is 2.93. The minimum Gasteiger partial charge on any atom is -0.377 e. The first kappa shape index (κ1) is 14.5. The van der Waals surface area contributed by atoms with Crippen LogP contribution in [0, 0.1) is 11.6 Å². The lowest BCUT2D eigenvalue weighted by atomic mass is 10.1. The van der Waals surface area contributed by atoms with Crippen molar-refractivity contribution in [1.82, 2.24) is 0 Å². The highest BCUT2D eigenvalue weighted by Gasteiger charge is 2.13. The molecule has 2 aromatic rings. The van der Waals surface area contributed by atoms with Crippen molar-refractivity contribution >= 4 is 37.5 Å². The van der Waals surface area contributed by atoms with Crippen molar-refractivity contribution in [3.8, 4) is 0 Å². The zero-order chi connectivity index (χ0) is 14.0. The van der Waals surface area contributed by atoms with Crippen molar-refractivity contribution in [2.75, 3.05) is 5.32 Å². The Morgan fingerprint density at radius 3 is 2.47 bits per heavy atom. The zero-order valence-corrected chi connectivity index (χ0v) is 13.2. The molecular weight excluding hydrogens is 380 g/mol. The summed E-state index contributed by atoms with van der Waals surface area (Å²) >= 11 is 6.78. The quantitative estimate of drug-likeness (QED) is 0.712. The average molecular weight is 391 g/mol. The van der Waals surface area contributed by atoms with Gasteiger partial charge in [-0.25, -0.2) is 8.78 Å². The summed E-state index contributed by atoms with van der Waals surface area (Å²) in [5.74, 6) is -0.866. The van der Waals surface area contributed by atoms with Gasteiger partial charge in [-0.2, -0.15) is 0 Å². The fraction of sp³-hybridized carbons (Fsp3) is 0.143. The summed E-state index contributed by atoms with van der Waals surface area (Å²) in [7, 11) is 0. The molecule has 0 aliphatic rings. The SMILES string of the molecule is CC(Nc1ccc(Br)cc1Br)c1cc(F)ccc1F. The van der Waals surface area contributed by atoms with E-state index in [1.54, 1.807) is 6.92 Å². The van der Waals surface area contributed by atoms with Gasteiger partial charge in [-0.15, -0.1) is 0 Å². The van der Waals surface area contributed by atoms with E-state index < -0.39 is 11.6 Å². The standard InChI is InChI=1S/C14H11Br2F2N/c1-8(11-7-10(17)3-4-13(11)18)19-14-5-2-9(15)6-12(14)16/h2-8,19H,1H3. The Hall–Kier alpha value is -0.940. The molecule has 5 heteroatoms. The van der Waals surface area contributed by atoms with Gasteiger partial charge in [0.1, 0.15) is 11.6 Å². The van der Waals surface area contributed by atoms with Gasteiger partial charge >= 0.3 is 0 Å². The highest BCUT2D eigenvalue weighted by Crippen LogP contribution is 2.30. The van der Waals surface area contributed by atoms with Gasteiger partial charge in [-0.05, 0) is 59.3 Å². The second-order valence-corrected chi connectivity index (χ2v) is 5.93. The molecule has 0 saturated carbocycles. The Balaban J connectivity index is 2.25. The lowest BCUT2D eigenvalue weighted by Crippen LogP contribution is -2.09. The summed E-state index contributed by atoms with van der Waals surface area (Å²) in [4.78, 5) is 0. The number of hydrogen-bond donors (Lipinski definition) is 1. The van der Waals surface area contributed by atoms with E-state index in [2.05, 4.69) is 37.2 Å². The van der Waals surface area contributed by atoms with Gasteiger partial charge in [0.15, 0.2) is 0 Å². The van der Waals surface area contributed by atoms with Crippen molar-refractivity contribution in [2.45, 2.75) is 13.0 Å². The van der Waals surface area contributed by atoms with E-state index in [-0.39, 0.29) is 6.04 Å². The summed E-state index contributed by atoms with van der Waals surface area (Å²) in [5, 5.41) is 3.15. The van der Waals surface area contributed by atoms with Crippen LogP contribution in [0.5, 0.6) is 0 Å². The maximum absolute atomic E-state index is 13.7. The van der Waals surface area contributed by atoms with Crippen LogP contribution in [0.25, 0.3) is 0 Å². The van der Waals surface area contributed by atoms with E-state index in [0.29, 0.717) is 5.56 Å². The van der Waals surface area contributed by atoms with E-state index >= 15 is 0 Å². The predicted molar refractivity (Wildman–Crippen MR) is 80.2 cm³/mol. The van der Waals surface area contributed by atoms with Crippen molar-refractivity contribution in [2.24, 2.45) is 0 Å². The van der Waals surface area contributed by atoms with Crippen LogP contribution < -0.4 is 5.32 Å². The first-order chi connectivity index (χ1) is 8.97. The van der Waals surface area contributed by atoms with E-state index in [4.69, 9.17) is 0 Å². The number of halogens is 4. The van der Waals surface area contributed by atoms with Gasteiger partial charge < -0.3 is 5.32 Å². The third kappa shape index (κ3) is 3.54.